The highest BCUT2D eigenvalue weighted by Gasteiger charge is 2.23. The molecule has 1 rings (SSSR count). The van der Waals surface area contributed by atoms with Crippen LogP contribution in [0.25, 0.3) is 0 Å². The van der Waals surface area contributed by atoms with E-state index in [0.29, 0.717) is 29.1 Å². The fraction of sp³-hybridized carbons (Fsp3) is 0.462. The van der Waals surface area contributed by atoms with Gasteiger partial charge in [-0.3, -0.25) is 4.79 Å². The molecule has 0 aliphatic rings. The van der Waals surface area contributed by atoms with Crippen molar-refractivity contribution in [3.05, 3.63) is 28.8 Å². The minimum absolute atomic E-state index is 0.199. The Morgan fingerprint density at radius 2 is 2.06 bits per heavy atom. The normalized spacial score (nSPS) is 11.3. The van der Waals surface area contributed by atoms with Crippen LogP contribution in [0.1, 0.15) is 37.0 Å². The number of nitrogen functional groups attached to an aromatic ring is 1. The SMILES string of the molecule is CCC(O)(CC)CNC(=O)c1cc(Cl)ccc1N. The molecule has 0 unspecified atom stereocenters. The molecule has 0 aromatic heterocycles. The molecular weight excluding hydrogens is 252 g/mol. The summed E-state index contributed by atoms with van der Waals surface area (Å²) in [4.78, 5) is 11.9. The third kappa shape index (κ3) is 3.62. The maximum absolute atomic E-state index is 11.9. The van der Waals surface area contributed by atoms with Crippen LogP contribution in [0.5, 0.6) is 0 Å². The number of nitrogens with two attached hydrogens (primary N) is 1. The Morgan fingerprint density at radius 3 is 2.61 bits per heavy atom. The van der Waals surface area contributed by atoms with Crippen molar-refractivity contribution in [1.29, 1.82) is 0 Å². The molecule has 0 aliphatic heterocycles. The van der Waals surface area contributed by atoms with E-state index in [-0.39, 0.29) is 12.5 Å². The summed E-state index contributed by atoms with van der Waals surface area (Å²) in [6.07, 6.45) is 1.16. The molecule has 0 saturated heterocycles. The molecule has 0 aliphatic carbocycles. The number of rotatable bonds is 5. The van der Waals surface area contributed by atoms with Crippen molar-refractivity contribution in [1.82, 2.24) is 5.32 Å². The second kappa shape index (κ2) is 6.07. The summed E-state index contributed by atoms with van der Waals surface area (Å²) in [5.41, 5.74) is 5.54. The molecule has 4 N–H and O–H groups in total. The van der Waals surface area contributed by atoms with Crippen molar-refractivity contribution < 1.29 is 9.90 Å². The Labute approximate surface area is 112 Å². The van der Waals surface area contributed by atoms with Gasteiger partial charge in [0.15, 0.2) is 0 Å². The van der Waals surface area contributed by atoms with Gasteiger partial charge < -0.3 is 16.2 Å². The molecule has 1 amide bonds. The van der Waals surface area contributed by atoms with Crippen LogP contribution >= 0.6 is 11.6 Å². The van der Waals surface area contributed by atoms with Gasteiger partial charge >= 0.3 is 0 Å². The molecule has 0 radical (unpaired) electrons. The van der Waals surface area contributed by atoms with Gasteiger partial charge in [-0.05, 0) is 31.0 Å². The van der Waals surface area contributed by atoms with E-state index < -0.39 is 5.60 Å². The number of aliphatic hydroxyl groups is 1. The van der Waals surface area contributed by atoms with Crippen molar-refractivity contribution >= 4 is 23.2 Å². The van der Waals surface area contributed by atoms with E-state index in [2.05, 4.69) is 5.32 Å². The Kier molecular flexibility index (Phi) is 4.99. The van der Waals surface area contributed by atoms with Gasteiger partial charge in [0.1, 0.15) is 0 Å². The minimum Gasteiger partial charge on any atom is -0.398 e. The van der Waals surface area contributed by atoms with Crippen LogP contribution in [-0.2, 0) is 0 Å². The molecule has 4 nitrogen and oxygen atoms in total. The van der Waals surface area contributed by atoms with Crippen molar-refractivity contribution in [2.24, 2.45) is 0 Å². The molecule has 0 heterocycles. The van der Waals surface area contributed by atoms with Gasteiger partial charge in [-0.2, -0.15) is 0 Å². The van der Waals surface area contributed by atoms with Crippen molar-refractivity contribution in [2.45, 2.75) is 32.3 Å². The molecule has 1 aromatic rings. The number of hydrogen-bond acceptors (Lipinski definition) is 3. The Balaban J connectivity index is 2.74. The molecule has 0 bridgehead atoms. The fourth-order valence-electron chi connectivity index (χ4n) is 1.57. The van der Waals surface area contributed by atoms with E-state index in [1.54, 1.807) is 12.1 Å². The second-order valence-corrected chi connectivity index (χ2v) is 4.78. The maximum Gasteiger partial charge on any atom is 0.253 e. The van der Waals surface area contributed by atoms with E-state index in [1.807, 2.05) is 13.8 Å². The van der Waals surface area contributed by atoms with E-state index in [9.17, 15) is 9.90 Å². The third-order valence-corrected chi connectivity index (χ3v) is 3.39. The predicted molar refractivity (Wildman–Crippen MR) is 73.7 cm³/mol. The average molecular weight is 271 g/mol. The van der Waals surface area contributed by atoms with Crippen LogP contribution in [0.2, 0.25) is 5.02 Å². The zero-order chi connectivity index (χ0) is 13.8. The van der Waals surface area contributed by atoms with Crippen LogP contribution in [0.15, 0.2) is 18.2 Å². The van der Waals surface area contributed by atoms with Crippen LogP contribution in [0.4, 0.5) is 5.69 Å². The van der Waals surface area contributed by atoms with Crippen LogP contribution < -0.4 is 11.1 Å². The van der Waals surface area contributed by atoms with E-state index in [0.717, 1.165) is 0 Å². The highest BCUT2D eigenvalue weighted by atomic mass is 35.5. The van der Waals surface area contributed by atoms with Crippen LogP contribution in [-0.4, -0.2) is 23.2 Å². The largest absolute Gasteiger partial charge is 0.398 e. The molecule has 0 atom stereocenters. The van der Waals surface area contributed by atoms with Gasteiger partial charge in [-0.15, -0.1) is 0 Å². The Bertz CT molecular complexity index is 431. The first-order valence-electron chi connectivity index (χ1n) is 5.97. The molecular formula is C13H19ClN2O2. The zero-order valence-electron chi connectivity index (χ0n) is 10.7. The lowest BCUT2D eigenvalue weighted by Gasteiger charge is -2.25. The van der Waals surface area contributed by atoms with Gasteiger partial charge in [0, 0.05) is 17.3 Å². The summed E-state index contributed by atoms with van der Waals surface area (Å²) in [6, 6.07) is 4.73. The molecule has 18 heavy (non-hydrogen) atoms. The highest BCUT2D eigenvalue weighted by molar-refractivity contribution is 6.31. The minimum atomic E-state index is -0.872. The van der Waals surface area contributed by atoms with Gasteiger partial charge in [0.25, 0.3) is 5.91 Å². The van der Waals surface area contributed by atoms with Crippen LogP contribution in [0, 0.1) is 0 Å². The standard InChI is InChI=1S/C13H19ClN2O2/c1-3-13(18,4-2)8-16-12(17)10-7-9(14)5-6-11(10)15/h5-7,18H,3-4,8,15H2,1-2H3,(H,16,17). The van der Waals surface area contributed by atoms with Gasteiger partial charge in [0.05, 0.1) is 11.2 Å². The Morgan fingerprint density at radius 1 is 1.44 bits per heavy atom. The third-order valence-electron chi connectivity index (χ3n) is 3.15. The summed E-state index contributed by atoms with van der Waals surface area (Å²) < 4.78 is 0. The number of carbonyl (C=O) groups is 1. The Hall–Kier alpha value is -1.26. The topological polar surface area (TPSA) is 75.3 Å². The van der Waals surface area contributed by atoms with Gasteiger partial charge in [-0.1, -0.05) is 25.4 Å². The van der Waals surface area contributed by atoms with E-state index in [4.69, 9.17) is 17.3 Å². The summed E-state index contributed by atoms with van der Waals surface area (Å²) in [5, 5.41) is 13.2. The maximum atomic E-state index is 11.9. The number of carbonyl (C=O) groups excluding carboxylic acids is 1. The summed E-state index contributed by atoms with van der Waals surface area (Å²) in [7, 11) is 0. The van der Waals surface area contributed by atoms with Crippen molar-refractivity contribution in [3.63, 3.8) is 0 Å². The number of anilines is 1. The van der Waals surface area contributed by atoms with Crippen molar-refractivity contribution in [2.75, 3.05) is 12.3 Å². The molecule has 1 aromatic carbocycles. The van der Waals surface area contributed by atoms with Gasteiger partial charge in [0.2, 0.25) is 0 Å². The van der Waals surface area contributed by atoms with Gasteiger partial charge in [-0.25, -0.2) is 0 Å². The quantitative estimate of drug-likeness (QED) is 0.718. The number of halogens is 1. The lowest BCUT2D eigenvalue weighted by molar-refractivity contribution is 0.0314. The molecule has 100 valence electrons. The molecule has 0 spiro atoms. The molecule has 0 saturated carbocycles. The predicted octanol–water partition coefficient (Wildman–Crippen LogP) is 2.20. The average Bonchev–Trinajstić information content (AvgIpc) is 2.38. The monoisotopic (exact) mass is 270 g/mol. The first-order chi connectivity index (χ1) is 8.41. The lowest BCUT2D eigenvalue weighted by Crippen LogP contribution is -2.42. The lowest BCUT2D eigenvalue weighted by atomic mass is 9.97. The zero-order valence-corrected chi connectivity index (χ0v) is 11.4. The highest BCUT2D eigenvalue weighted by Crippen LogP contribution is 2.18. The summed E-state index contributed by atoms with van der Waals surface area (Å²) in [5.74, 6) is -0.324. The fourth-order valence-corrected chi connectivity index (χ4v) is 1.74. The summed E-state index contributed by atoms with van der Waals surface area (Å²) >= 11 is 5.82. The molecule has 0 fully saturated rings. The first-order valence-corrected chi connectivity index (χ1v) is 6.35. The number of nitrogens with one attached hydrogen (secondary N) is 1. The smallest absolute Gasteiger partial charge is 0.253 e. The number of hydrogen-bond donors (Lipinski definition) is 3. The van der Waals surface area contributed by atoms with E-state index >= 15 is 0 Å². The number of benzene rings is 1. The first kappa shape index (κ1) is 14.8. The number of amides is 1. The summed E-state index contributed by atoms with van der Waals surface area (Å²) in [6.45, 7) is 3.96. The van der Waals surface area contributed by atoms with Crippen molar-refractivity contribution in [3.8, 4) is 0 Å². The molecule has 5 heteroatoms. The second-order valence-electron chi connectivity index (χ2n) is 4.35. The van der Waals surface area contributed by atoms with E-state index in [1.165, 1.54) is 6.07 Å². The van der Waals surface area contributed by atoms with Crippen LogP contribution in [0.3, 0.4) is 0 Å².